The Morgan fingerprint density at radius 1 is 0.970 bits per heavy atom. The van der Waals surface area contributed by atoms with E-state index in [1.165, 1.54) is 11.8 Å². The van der Waals surface area contributed by atoms with Gasteiger partial charge in [-0.05, 0) is 31.2 Å². The Kier molecular flexibility index (Phi) is 7.42. The first-order valence-electron chi connectivity index (χ1n) is 10.5. The first-order valence-corrected chi connectivity index (χ1v) is 11.8. The normalized spacial score (nSPS) is 12.5. The molecule has 170 valence electrons. The fourth-order valence-corrected chi connectivity index (χ4v) is 4.28. The maximum Gasteiger partial charge on any atom is 0.256 e. The Morgan fingerprint density at radius 2 is 1.67 bits per heavy atom. The number of aryl methyl sites for hydroxylation is 1. The maximum absolute atomic E-state index is 13.0. The van der Waals surface area contributed by atoms with Crippen molar-refractivity contribution in [3.63, 3.8) is 0 Å². The number of anilines is 2. The van der Waals surface area contributed by atoms with E-state index in [-0.39, 0.29) is 17.6 Å². The molecule has 0 bridgehead atoms. The average Bonchev–Trinajstić information content (AvgIpc) is 3.04. The highest BCUT2D eigenvalue weighted by molar-refractivity contribution is 8.00. The number of hydrogen-bond acceptors (Lipinski definition) is 5. The Hall–Kier alpha value is -3.16. The summed E-state index contributed by atoms with van der Waals surface area (Å²) < 4.78 is 11.3. The molecule has 0 aliphatic carbocycles. The lowest BCUT2D eigenvalue weighted by molar-refractivity contribution is -0.113. The fourth-order valence-electron chi connectivity index (χ4n) is 3.23. The number of nitrogens with one attached hydrogen (secondary N) is 2. The van der Waals surface area contributed by atoms with Crippen LogP contribution in [0.5, 0.6) is 11.5 Å². The number of hydrogen-bond donors (Lipinski definition) is 2. The van der Waals surface area contributed by atoms with Crippen molar-refractivity contribution in [1.29, 1.82) is 0 Å². The zero-order valence-electron chi connectivity index (χ0n) is 18.0. The van der Waals surface area contributed by atoms with E-state index in [4.69, 9.17) is 21.1 Å². The predicted molar refractivity (Wildman–Crippen MR) is 132 cm³/mol. The standard InChI is InChI=1S/C25H23ClN2O4S/c1-16-7-9-17(10-8-16)27-24(29)15-33-23-6-3-2-5-18(23)25(30)28-20-14-22-21(13-19(20)26)31-11-4-12-32-22/h2-3,5-10,13-14H,4,11-12,15H2,1H3,(H,27,29)(H,28,30). The van der Waals surface area contributed by atoms with Gasteiger partial charge in [-0.15, -0.1) is 11.8 Å². The Balaban J connectivity index is 1.43. The van der Waals surface area contributed by atoms with E-state index in [1.54, 1.807) is 24.3 Å². The van der Waals surface area contributed by atoms with Gasteiger partial charge in [-0.1, -0.05) is 41.4 Å². The topological polar surface area (TPSA) is 76.7 Å². The Morgan fingerprint density at radius 3 is 2.42 bits per heavy atom. The summed E-state index contributed by atoms with van der Waals surface area (Å²) in [7, 11) is 0. The molecule has 6 nitrogen and oxygen atoms in total. The summed E-state index contributed by atoms with van der Waals surface area (Å²) in [6.45, 7) is 3.08. The van der Waals surface area contributed by atoms with Gasteiger partial charge < -0.3 is 20.1 Å². The third-order valence-electron chi connectivity index (χ3n) is 4.91. The predicted octanol–water partition coefficient (Wildman–Crippen LogP) is 5.79. The Bertz CT molecular complexity index is 1170. The molecule has 8 heteroatoms. The molecule has 0 radical (unpaired) electrons. The van der Waals surface area contributed by atoms with E-state index in [9.17, 15) is 9.59 Å². The SMILES string of the molecule is Cc1ccc(NC(=O)CSc2ccccc2C(=O)Nc2cc3c(cc2Cl)OCCCO3)cc1. The van der Waals surface area contributed by atoms with E-state index in [0.29, 0.717) is 45.9 Å². The molecule has 0 unspecified atom stereocenters. The van der Waals surface area contributed by atoms with Crippen molar-refractivity contribution >= 4 is 46.6 Å². The molecule has 0 fully saturated rings. The minimum absolute atomic E-state index is 0.148. The summed E-state index contributed by atoms with van der Waals surface area (Å²) in [6.07, 6.45) is 0.774. The molecule has 0 aromatic heterocycles. The van der Waals surface area contributed by atoms with Crippen molar-refractivity contribution in [1.82, 2.24) is 0 Å². The van der Waals surface area contributed by atoms with Crippen LogP contribution in [0, 0.1) is 6.92 Å². The van der Waals surface area contributed by atoms with Crippen LogP contribution in [0.2, 0.25) is 5.02 Å². The second-order valence-corrected chi connectivity index (χ2v) is 8.91. The molecule has 0 spiro atoms. The minimum atomic E-state index is -0.326. The van der Waals surface area contributed by atoms with Gasteiger partial charge in [-0.2, -0.15) is 0 Å². The number of thioether (sulfide) groups is 1. The van der Waals surface area contributed by atoms with Crippen LogP contribution >= 0.6 is 23.4 Å². The Labute approximate surface area is 201 Å². The molecule has 3 aromatic carbocycles. The van der Waals surface area contributed by atoms with E-state index < -0.39 is 0 Å². The lowest BCUT2D eigenvalue weighted by Gasteiger charge is -2.14. The molecule has 1 heterocycles. The van der Waals surface area contributed by atoms with Gasteiger partial charge in [-0.3, -0.25) is 9.59 Å². The fraction of sp³-hybridized carbons (Fsp3) is 0.200. The van der Waals surface area contributed by atoms with Crippen LogP contribution in [0.15, 0.2) is 65.6 Å². The van der Waals surface area contributed by atoms with Crippen LogP contribution in [0.25, 0.3) is 0 Å². The highest BCUT2D eigenvalue weighted by atomic mass is 35.5. The highest BCUT2D eigenvalue weighted by Crippen LogP contribution is 2.38. The molecule has 0 saturated carbocycles. The van der Waals surface area contributed by atoms with E-state index >= 15 is 0 Å². The van der Waals surface area contributed by atoms with E-state index in [1.807, 2.05) is 43.3 Å². The monoisotopic (exact) mass is 482 g/mol. The number of benzene rings is 3. The largest absolute Gasteiger partial charge is 0.490 e. The summed E-state index contributed by atoms with van der Waals surface area (Å²) >= 11 is 7.66. The van der Waals surface area contributed by atoms with Crippen molar-refractivity contribution in [3.8, 4) is 11.5 Å². The van der Waals surface area contributed by atoms with Gasteiger partial charge in [0.25, 0.3) is 5.91 Å². The molecule has 2 N–H and O–H groups in total. The quantitative estimate of drug-likeness (QED) is 0.435. The number of amides is 2. The first kappa shape index (κ1) is 23.0. The van der Waals surface area contributed by atoms with Crippen LogP contribution < -0.4 is 20.1 Å². The molecule has 3 aromatic rings. The lowest BCUT2D eigenvalue weighted by Crippen LogP contribution is -2.16. The molecular formula is C25H23ClN2O4S. The van der Waals surface area contributed by atoms with Crippen molar-refractivity contribution in [2.45, 2.75) is 18.2 Å². The maximum atomic E-state index is 13.0. The van der Waals surface area contributed by atoms with Crippen molar-refractivity contribution in [2.24, 2.45) is 0 Å². The summed E-state index contributed by atoms with van der Waals surface area (Å²) in [5, 5.41) is 6.07. The van der Waals surface area contributed by atoms with Gasteiger partial charge in [0.15, 0.2) is 11.5 Å². The van der Waals surface area contributed by atoms with Gasteiger partial charge in [0.05, 0.1) is 35.2 Å². The van der Waals surface area contributed by atoms with Gasteiger partial charge in [0.2, 0.25) is 5.91 Å². The first-order chi connectivity index (χ1) is 16.0. The summed E-state index contributed by atoms with van der Waals surface area (Å²) in [5.41, 5.74) is 2.74. The van der Waals surface area contributed by atoms with Crippen LogP contribution in [0.4, 0.5) is 11.4 Å². The third kappa shape index (κ3) is 6.00. The summed E-state index contributed by atoms with van der Waals surface area (Å²) in [5.74, 6) is 0.801. The van der Waals surface area contributed by atoms with E-state index in [0.717, 1.165) is 17.7 Å². The second kappa shape index (κ2) is 10.6. The molecule has 1 aliphatic rings. The van der Waals surface area contributed by atoms with E-state index in [2.05, 4.69) is 10.6 Å². The highest BCUT2D eigenvalue weighted by Gasteiger charge is 2.18. The van der Waals surface area contributed by atoms with Gasteiger partial charge in [0.1, 0.15) is 0 Å². The van der Waals surface area contributed by atoms with Crippen LogP contribution in [-0.2, 0) is 4.79 Å². The number of halogens is 1. The van der Waals surface area contributed by atoms with Crippen LogP contribution in [-0.4, -0.2) is 30.8 Å². The number of carbonyl (C=O) groups is 2. The van der Waals surface area contributed by atoms with Crippen molar-refractivity contribution in [3.05, 3.63) is 76.8 Å². The van der Waals surface area contributed by atoms with Crippen molar-refractivity contribution < 1.29 is 19.1 Å². The molecule has 0 atom stereocenters. The van der Waals surface area contributed by atoms with Gasteiger partial charge >= 0.3 is 0 Å². The summed E-state index contributed by atoms with van der Waals surface area (Å²) in [4.78, 5) is 26.1. The zero-order chi connectivity index (χ0) is 23.2. The van der Waals surface area contributed by atoms with Crippen molar-refractivity contribution in [2.75, 3.05) is 29.6 Å². The number of ether oxygens (including phenoxy) is 2. The van der Waals surface area contributed by atoms with Gasteiger partial charge in [0, 0.05) is 29.1 Å². The smallest absolute Gasteiger partial charge is 0.256 e. The third-order valence-corrected chi connectivity index (χ3v) is 6.30. The molecule has 2 amide bonds. The minimum Gasteiger partial charge on any atom is -0.490 e. The molecule has 4 rings (SSSR count). The summed E-state index contributed by atoms with van der Waals surface area (Å²) in [6, 6.07) is 18.1. The second-order valence-electron chi connectivity index (χ2n) is 7.48. The number of carbonyl (C=O) groups excluding carboxylic acids is 2. The number of fused-ring (bicyclic) bond motifs is 1. The molecule has 33 heavy (non-hydrogen) atoms. The molecule has 1 aliphatic heterocycles. The number of rotatable bonds is 6. The van der Waals surface area contributed by atoms with Crippen LogP contribution in [0.3, 0.4) is 0 Å². The average molecular weight is 483 g/mol. The molecular weight excluding hydrogens is 460 g/mol. The lowest BCUT2D eigenvalue weighted by atomic mass is 10.2. The van der Waals surface area contributed by atoms with Crippen LogP contribution in [0.1, 0.15) is 22.3 Å². The zero-order valence-corrected chi connectivity index (χ0v) is 19.6. The molecule has 0 saturated heterocycles. The van der Waals surface area contributed by atoms with Gasteiger partial charge in [-0.25, -0.2) is 0 Å².